The number of hydrogen-bond donors (Lipinski definition) is 1. The van der Waals surface area contributed by atoms with Gasteiger partial charge < -0.3 is 24.1 Å². The minimum absolute atomic E-state index is 0.123. The maximum atomic E-state index is 6.59. The molecule has 8 nitrogen and oxygen atoms in total. The average molecular weight is 520 g/mol. The minimum Gasteiger partial charge on any atom is -0.370 e. The van der Waals surface area contributed by atoms with E-state index in [1.54, 1.807) is 0 Å². The summed E-state index contributed by atoms with van der Waals surface area (Å²) in [6.07, 6.45) is 6.80. The molecule has 3 aliphatic rings. The number of nitrogens with zero attached hydrogens (tertiary/aromatic N) is 4. The van der Waals surface area contributed by atoms with Crippen LogP contribution in [0.1, 0.15) is 44.9 Å². The van der Waals surface area contributed by atoms with Crippen LogP contribution in [0.25, 0.3) is 21.9 Å². The number of anilines is 1. The molecule has 1 N–H and O–H groups in total. The van der Waals surface area contributed by atoms with Gasteiger partial charge in [0.25, 0.3) is 0 Å². The molecule has 3 fully saturated rings. The number of hydrogen-bond acceptors (Lipinski definition) is 7. The molecule has 4 atom stereocenters. The molecule has 1 aliphatic carbocycles. The number of halogens is 1. The van der Waals surface area contributed by atoms with Crippen molar-refractivity contribution < 1.29 is 14.2 Å². The Bertz CT molecular complexity index is 1470. The van der Waals surface area contributed by atoms with Crippen LogP contribution in [0.15, 0.2) is 48.9 Å². The third kappa shape index (κ3) is 4.46. The van der Waals surface area contributed by atoms with Gasteiger partial charge in [0.1, 0.15) is 35.2 Å². The smallest absolute Gasteiger partial charge is 0.164 e. The lowest BCUT2D eigenvalue weighted by Gasteiger charge is -2.25. The van der Waals surface area contributed by atoms with E-state index in [0.717, 1.165) is 53.1 Å². The van der Waals surface area contributed by atoms with E-state index in [4.69, 9.17) is 30.8 Å². The van der Waals surface area contributed by atoms with E-state index in [1.165, 1.54) is 24.7 Å². The molecule has 37 heavy (non-hydrogen) atoms. The molecule has 4 aromatic rings. The molecular formula is C28H30ClN5O3. The highest BCUT2D eigenvalue weighted by Crippen LogP contribution is 2.45. The third-order valence-corrected chi connectivity index (χ3v) is 7.90. The molecule has 3 aromatic heterocycles. The fraction of sp³-hybridized carbons (Fsp3) is 0.464. The van der Waals surface area contributed by atoms with Crippen LogP contribution in [0.5, 0.6) is 0 Å². The third-order valence-electron chi connectivity index (χ3n) is 7.60. The van der Waals surface area contributed by atoms with E-state index < -0.39 is 5.79 Å². The van der Waals surface area contributed by atoms with E-state index >= 15 is 0 Å². The van der Waals surface area contributed by atoms with Gasteiger partial charge in [-0.2, -0.15) is 0 Å². The molecular weight excluding hydrogens is 490 g/mol. The van der Waals surface area contributed by atoms with Gasteiger partial charge in [-0.3, -0.25) is 0 Å². The Kier molecular flexibility index (Phi) is 5.62. The van der Waals surface area contributed by atoms with Crippen molar-refractivity contribution in [3.8, 4) is 0 Å². The van der Waals surface area contributed by atoms with Gasteiger partial charge in [-0.1, -0.05) is 23.7 Å². The number of rotatable bonds is 7. The number of benzene rings is 1. The summed E-state index contributed by atoms with van der Waals surface area (Å²) in [6, 6.07) is 12.6. The molecule has 9 heteroatoms. The number of aryl methyl sites for hydroxylation is 1. The molecule has 192 valence electrons. The maximum absolute atomic E-state index is 6.59. The first-order valence-corrected chi connectivity index (χ1v) is 13.4. The quantitative estimate of drug-likeness (QED) is 0.322. The van der Waals surface area contributed by atoms with Gasteiger partial charge in [0.2, 0.25) is 0 Å². The standard InChI is InChI=1S/C28H30ClN5O3/c1-28(2)36-23-21(35-27(24(23)37-28)34-12-11-19-25(29)31-15-32-26(19)34)9-6-16-5-7-18-8-10-22(33-20(18)13-16)30-14-17-3-4-17/h5,7-8,10-13,15,17,21,23-24,27H,3-4,6,9,14H2,1-2H3,(H,30,33)/t21-,23-,24-,27-/m1/s1. The van der Waals surface area contributed by atoms with E-state index in [0.29, 0.717) is 5.15 Å². The highest BCUT2D eigenvalue weighted by Gasteiger charge is 2.55. The Labute approximate surface area is 220 Å². The number of fused-ring (bicyclic) bond motifs is 3. The van der Waals surface area contributed by atoms with Crippen LogP contribution in [0, 0.1) is 5.92 Å². The van der Waals surface area contributed by atoms with E-state index in [9.17, 15) is 0 Å². The molecule has 7 rings (SSSR count). The molecule has 0 unspecified atom stereocenters. The van der Waals surface area contributed by atoms with Crippen molar-refractivity contribution in [2.75, 3.05) is 11.9 Å². The summed E-state index contributed by atoms with van der Waals surface area (Å²) < 4.78 is 21.2. The SMILES string of the molecule is CC1(C)O[C@@H]2[C@H](O1)[C@@H](CCc1ccc3ccc(NCC4CC4)nc3c1)O[C@H]2n1ccc2c(Cl)ncnc21. The van der Waals surface area contributed by atoms with Gasteiger partial charge in [-0.05, 0) is 75.3 Å². The zero-order valence-corrected chi connectivity index (χ0v) is 21.7. The lowest BCUT2D eigenvalue weighted by atomic mass is 10.0. The fourth-order valence-electron chi connectivity index (χ4n) is 5.56. The zero-order chi connectivity index (χ0) is 25.1. The summed E-state index contributed by atoms with van der Waals surface area (Å²) in [5.74, 6) is 1.08. The molecule has 1 aromatic carbocycles. The van der Waals surface area contributed by atoms with Crippen LogP contribution >= 0.6 is 11.6 Å². The summed E-state index contributed by atoms with van der Waals surface area (Å²) in [5, 5.41) is 5.84. The van der Waals surface area contributed by atoms with Crippen molar-refractivity contribution in [1.82, 2.24) is 19.5 Å². The summed E-state index contributed by atoms with van der Waals surface area (Å²) >= 11 is 6.29. The highest BCUT2D eigenvalue weighted by molar-refractivity contribution is 6.33. The van der Waals surface area contributed by atoms with Crippen molar-refractivity contribution in [3.63, 3.8) is 0 Å². The van der Waals surface area contributed by atoms with Crippen molar-refractivity contribution >= 4 is 39.4 Å². The first-order valence-electron chi connectivity index (χ1n) is 13.1. The molecule has 1 saturated carbocycles. The van der Waals surface area contributed by atoms with E-state index in [2.05, 4.69) is 45.6 Å². The van der Waals surface area contributed by atoms with Crippen LogP contribution < -0.4 is 5.32 Å². The Morgan fingerprint density at radius 1 is 1.08 bits per heavy atom. The van der Waals surface area contributed by atoms with Crippen molar-refractivity contribution in [1.29, 1.82) is 0 Å². The minimum atomic E-state index is -0.679. The van der Waals surface area contributed by atoms with Crippen molar-refractivity contribution in [2.24, 2.45) is 5.92 Å². The second kappa shape index (κ2) is 8.91. The van der Waals surface area contributed by atoms with Gasteiger partial charge in [0.15, 0.2) is 12.0 Å². The van der Waals surface area contributed by atoms with Crippen molar-refractivity contribution in [2.45, 2.75) is 69.9 Å². The van der Waals surface area contributed by atoms with Crippen LogP contribution in [0.2, 0.25) is 5.15 Å². The van der Waals surface area contributed by atoms with Gasteiger partial charge >= 0.3 is 0 Å². The lowest BCUT2D eigenvalue weighted by molar-refractivity contribution is -0.196. The summed E-state index contributed by atoms with van der Waals surface area (Å²) in [6.45, 7) is 4.92. The summed E-state index contributed by atoms with van der Waals surface area (Å²) in [7, 11) is 0. The first-order chi connectivity index (χ1) is 17.9. The normalized spacial score (nSPS) is 26.7. The average Bonchev–Trinajstić information content (AvgIpc) is 3.41. The molecule has 0 bridgehead atoms. The molecule has 2 saturated heterocycles. The Morgan fingerprint density at radius 2 is 1.92 bits per heavy atom. The Balaban J connectivity index is 1.11. The van der Waals surface area contributed by atoms with Crippen LogP contribution in [-0.2, 0) is 20.6 Å². The van der Waals surface area contributed by atoms with Crippen molar-refractivity contribution in [3.05, 3.63) is 59.6 Å². The highest BCUT2D eigenvalue weighted by atomic mass is 35.5. The molecule has 0 spiro atoms. The largest absolute Gasteiger partial charge is 0.370 e. The van der Waals surface area contributed by atoms with Crippen LogP contribution in [0.3, 0.4) is 0 Å². The topological polar surface area (TPSA) is 83.3 Å². The summed E-state index contributed by atoms with van der Waals surface area (Å²) in [4.78, 5) is 13.4. The van der Waals surface area contributed by atoms with Gasteiger partial charge in [-0.15, -0.1) is 0 Å². The van der Waals surface area contributed by atoms with Gasteiger partial charge in [0, 0.05) is 18.1 Å². The monoisotopic (exact) mass is 519 g/mol. The van der Waals surface area contributed by atoms with Gasteiger partial charge in [0.05, 0.1) is 17.0 Å². The molecule has 0 radical (unpaired) electrons. The number of ether oxygens (including phenoxy) is 3. The second-order valence-electron chi connectivity index (χ2n) is 10.8. The number of aromatic nitrogens is 4. The maximum Gasteiger partial charge on any atom is 0.164 e. The van der Waals surface area contributed by atoms with Gasteiger partial charge in [-0.25, -0.2) is 15.0 Å². The molecule has 5 heterocycles. The number of pyridine rings is 1. The lowest BCUT2D eigenvalue weighted by Crippen LogP contribution is -2.29. The van der Waals surface area contributed by atoms with Crippen LogP contribution in [-0.4, -0.2) is 50.2 Å². The van der Waals surface area contributed by atoms with E-state index in [1.807, 2.05) is 30.7 Å². The Morgan fingerprint density at radius 3 is 2.78 bits per heavy atom. The van der Waals surface area contributed by atoms with E-state index in [-0.39, 0.29) is 24.5 Å². The zero-order valence-electron chi connectivity index (χ0n) is 20.9. The predicted molar refractivity (Wildman–Crippen MR) is 142 cm³/mol. The first kappa shape index (κ1) is 23.3. The fourth-order valence-corrected chi connectivity index (χ4v) is 5.75. The molecule has 2 aliphatic heterocycles. The second-order valence-corrected chi connectivity index (χ2v) is 11.2. The van der Waals surface area contributed by atoms with Crippen LogP contribution in [0.4, 0.5) is 5.82 Å². The molecule has 0 amide bonds. The summed E-state index contributed by atoms with van der Waals surface area (Å²) in [5.41, 5.74) is 2.97. The predicted octanol–water partition coefficient (Wildman–Crippen LogP) is 5.51. The number of nitrogens with one attached hydrogen (secondary N) is 1. The Hall–Kier alpha value is -2.78.